The third kappa shape index (κ3) is 2.24. The molecule has 1 rings (SSSR count). The summed E-state index contributed by atoms with van der Waals surface area (Å²) in [7, 11) is 1.57. The second-order valence-corrected chi connectivity index (χ2v) is 2.71. The van der Waals surface area contributed by atoms with E-state index in [0.29, 0.717) is 0 Å². The molecule has 0 aliphatic heterocycles. The minimum atomic E-state index is -3.72. The number of rotatable bonds is 3. The van der Waals surface area contributed by atoms with Gasteiger partial charge in [0.15, 0.2) is 0 Å². The van der Waals surface area contributed by atoms with Crippen LogP contribution in [0.1, 0.15) is 5.56 Å². The molecule has 0 saturated carbocycles. The van der Waals surface area contributed by atoms with Crippen LogP contribution in [-0.4, -0.2) is 26.8 Å². The molecule has 1 N–H and O–H groups in total. The Labute approximate surface area is 72.8 Å². The zero-order chi connectivity index (χ0) is 10.1. The van der Waals surface area contributed by atoms with Crippen molar-refractivity contribution in [3.63, 3.8) is 0 Å². The molecule has 0 aliphatic rings. The molecule has 0 fully saturated rings. The summed E-state index contributed by atoms with van der Waals surface area (Å²) in [6.45, 7) is 0. The van der Waals surface area contributed by atoms with E-state index in [1.54, 1.807) is 7.05 Å². The number of aromatic nitrogens is 2. The van der Waals surface area contributed by atoms with E-state index in [0.717, 1.165) is 0 Å². The fourth-order valence-electron chi connectivity index (χ4n) is 0.895. The summed E-state index contributed by atoms with van der Waals surface area (Å²) in [5.74, 6) is -5.83. The number of aryl methyl sites for hydroxylation is 1. The first-order valence-corrected chi connectivity index (χ1v) is 3.50. The fourth-order valence-corrected chi connectivity index (χ4v) is 0.895. The molecule has 4 nitrogen and oxygen atoms in total. The Bertz CT molecular complexity index is 322. The van der Waals surface area contributed by atoms with Gasteiger partial charge in [-0.25, -0.2) is 4.79 Å². The normalized spacial score (nSPS) is 11.6. The van der Waals surface area contributed by atoms with E-state index < -0.39 is 18.3 Å². The predicted octanol–water partition coefficient (Wildman–Crippen LogP) is 0.682. The SMILES string of the molecule is Cn1cc(CC(F)(F)C(=O)O)cn1. The number of carboxylic acid groups (broad SMARTS) is 1. The number of hydrogen-bond donors (Lipinski definition) is 1. The van der Waals surface area contributed by atoms with Crippen molar-refractivity contribution in [2.24, 2.45) is 7.05 Å². The van der Waals surface area contributed by atoms with E-state index in [4.69, 9.17) is 5.11 Å². The van der Waals surface area contributed by atoms with Gasteiger partial charge in [0, 0.05) is 13.2 Å². The van der Waals surface area contributed by atoms with Gasteiger partial charge in [-0.1, -0.05) is 0 Å². The lowest BCUT2D eigenvalue weighted by Gasteiger charge is -2.08. The standard InChI is InChI=1S/C7H8F2N2O2/c1-11-4-5(3-10-11)2-7(8,9)6(12)13/h3-4H,2H2,1H3,(H,12,13). The summed E-state index contributed by atoms with van der Waals surface area (Å²) in [6.07, 6.45) is 1.75. The molecule has 0 bridgehead atoms. The molecule has 72 valence electrons. The van der Waals surface area contributed by atoms with Crippen molar-refractivity contribution in [3.05, 3.63) is 18.0 Å². The van der Waals surface area contributed by atoms with Crippen molar-refractivity contribution in [1.29, 1.82) is 0 Å². The average Bonchev–Trinajstić information content (AvgIpc) is 2.34. The van der Waals surface area contributed by atoms with E-state index in [-0.39, 0.29) is 5.56 Å². The molecule has 1 aromatic heterocycles. The third-order valence-electron chi connectivity index (χ3n) is 1.50. The Morgan fingerprint density at radius 3 is 2.77 bits per heavy atom. The minimum Gasteiger partial charge on any atom is -0.477 e. The maximum Gasteiger partial charge on any atom is 0.374 e. The Balaban J connectivity index is 2.74. The first-order chi connectivity index (χ1) is 5.92. The van der Waals surface area contributed by atoms with Crippen molar-refractivity contribution in [3.8, 4) is 0 Å². The molecule has 0 saturated heterocycles. The molecule has 0 aliphatic carbocycles. The highest BCUT2D eigenvalue weighted by Crippen LogP contribution is 2.19. The van der Waals surface area contributed by atoms with Crippen molar-refractivity contribution < 1.29 is 18.7 Å². The van der Waals surface area contributed by atoms with Gasteiger partial charge >= 0.3 is 11.9 Å². The summed E-state index contributed by atoms with van der Waals surface area (Å²) in [6, 6.07) is 0. The maximum absolute atomic E-state index is 12.6. The third-order valence-corrected chi connectivity index (χ3v) is 1.50. The zero-order valence-electron chi connectivity index (χ0n) is 6.87. The first-order valence-electron chi connectivity index (χ1n) is 3.50. The van der Waals surface area contributed by atoms with Crippen molar-refractivity contribution in [1.82, 2.24) is 9.78 Å². The highest BCUT2D eigenvalue weighted by Gasteiger charge is 2.39. The van der Waals surface area contributed by atoms with Crippen LogP contribution in [0, 0.1) is 0 Å². The van der Waals surface area contributed by atoms with Crippen LogP contribution in [0.3, 0.4) is 0 Å². The number of alkyl halides is 2. The number of hydrogen-bond acceptors (Lipinski definition) is 2. The Kier molecular flexibility index (Phi) is 2.31. The van der Waals surface area contributed by atoms with Gasteiger partial charge in [-0.05, 0) is 5.56 Å². The number of halogens is 2. The van der Waals surface area contributed by atoms with E-state index in [2.05, 4.69) is 5.10 Å². The van der Waals surface area contributed by atoms with Gasteiger partial charge in [0.1, 0.15) is 0 Å². The average molecular weight is 190 g/mol. The summed E-state index contributed by atoms with van der Waals surface area (Å²) in [5.41, 5.74) is 0.204. The number of carbonyl (C=O) groups is 1. The highest BCUT2D eigenvalue weighted by molar-refractivity contribution is 5.75. The second kappa shape index (κ2) is 3.12. The molecule has 0 atom stereocenters. The highest BCUT2D eigenvalue weighted by atomic mass is 19.3. The molecule has 0 unspecified atom stereocenters. The van der Waals surface area contributed by atoms with E-state index in [1.165, 1.54) is 17.1 Å². The first kappa shape index (κ1) is 9.63. The Morgan fingerprint density at radius 2 is 2.38 bits per heavy atom. The molecule has 0 radical (unpaired) electrons. The molecule has 1 aromatic rings. The Morgan fingerprint density at radius 1 is 1.77 bits per heavy atom. The van der Waals surface area contributed by atoms with E-state index >= 15 is 0 Å². The van der Waals surface area contributed by atoms with Crippen molar-refractivity contribution >= 4 is 5.97 Å². The molecule has 0 amide bonds. The van der Waals surface area contributed by atoms with Crippen LogP contribution in [0.25, 0.3) is 0 Å². The number of aliphatic carboxylic acids is 1. The van der Waals surface area contributed by atoms with Gasteiger partial charge in [0.2, 0.25) is 0 Å². The lowest BCUT2D eigenvalue weighted by molar-refractivity contribution is -0.164. The van der Waals surface area contributed by atoms with Crippen molar-refractivity contribution in [2.75, 3.05) is 0 Å². The van der Waals surface area contributed by atoms with Gasteiger partial charge in [-0.15, -0.1) is 0 Å². The summed E-state index contributed by atoms with van der Waals surface area (Å²) in [5, 5.41) is 11.8. The van der Waals surface area contributed by atoms with Crippen LogP contribution in [0.4, 0.5) is 8.78 Å². The second-order valence-electron chi connectivity index (χ2n) is 2.71. The summed E-state index contributed by atoms with van der Waals surface area (Å²) >= 11 is 0. The predicted molar refractivity (Wildman–Crippen MR) is 39.5 cm³/mol. The quantitative estimate of drug-likeness (QED) is 0.762. The molecule has 0 spiro atoms. The monoisotopic (exact) mass is 190 g/mol. The van der Waals surface area contributed by atoms with E-state index in [9.17, 15) is 13.6 Å². The Hall–Kier alpha value is -1.46. The maximum atomic E-state index is 12.6. The number of carboxylic acids is 1. The van der Waals surface area contributed by atoms with Gasteiger partial charge in [-0.2, -0.15) is 13.9 Å². The van der Waals surface area contributed by atoms with Crippen LogP contribution in [0.15, 0.2) is 12.4 Å². The van der Waals surface area contributed by atoms with Crippen LogP contribution >= 0.6 is 0 Å². The van der Waals surface area contributed by atoms with Crippen LogP contribution in [0.5, 0.6) is 0 Å². The number of nitrogens with zero attached hydrogens (tertiary/aromatic N) is 2. The van der Waals surface area contributed by atoms with Crippen LogP contribution < -0.4 is 0 Å². The minimum absolute atomic E-state index is 0.204. The molecule has 0 aromatic carbocycles. The molecule has 1 heterocycles. The smallest absolute Gasteiger partial charge is 0.374 e. The van der Waals surface area contributed by atoms with Gasteiger partial charge < -0.3 is 5.11 Å². The largest absolute Gasteiger partial charge is 0.477 e. The molecular formula is C7H8F2N2O2. The molecular weight excluding hydrogens is 182 g/mol. The van der Waals surface area contributed by atoms with Crippen molar-refractivity contribution in [2.45, 2.75) is 12.3 Å². The van der Waals surface area contributed by atoms with Crippen LogP contribution in [-0.2, 0) is 18.3 Å². The lowest BCUT2D eigenvalue weighted by atomic mass is 10.1. The zero-order valence-corrected chi connectivity index (χ0v) is 6.87. The van der Waals surface area contributed by atoms with E-state index in [1.807, 2.05) is 0 Å². The van der Waals surface area contributed by atoms with Crippen LogP contribution in [0.2, 0.25) is 0 Å². The topological polar surface area (TPSA) is 55.1 Å². The lowest BCUT2D eigenvalue weighted by Crippen LogP contribution is -2.30. The van der Waals surface area contributed by atoms with Gasteiger partial charge in [-0.3, -0.25) is 4.68 Å². The molecule has 6 heteroatoms. The van der Waals surface area contributed by atoms with Gasteiger partial charge in [0.25, 0.3) is 0 Å². The summed E-state index contributed by atoms with van der Waals surface area (Å²) in [4.78, 5) is 10.1. The molecule has 13 heavy (non-hydrogen) atoms. The summed E-state index contributed by atoms with van der Waals surface area (Å²) < 4.78 is 26.6. The fraction of sp³-hybridized carbons (Fsp3) is 0.429. The van der Waals surface area contributed by atoms with Gasteiger partial charge in [0.05, 0.1) is 12.6 Å².